The zero-order valence-electron chi connectivity index (χ0n) is 27.3. The molecule has 5 aromatic rings. The first-order valence-corrected chi connectivity index (χ1v) is 16.8. The van der Waals surface area contributed by atoms with Crippen molar-refractivity contribution in [1.29, 1.82) is 0 Å². The number of urea groups is 1. The van der Waals surface area contributed by atoms with Crippen molar-refractivity contribution in [3.63, 3.8) is 0 Å². The quantitative estimate of drug-likeness (QED) is 0.231. The second-order valence-corrected chi connectivity index (χ2v) is 14.1. The number of piperidine rings is 1. The first-order chi connectivity index (χ1) is 22.8. The van der Waals surface area contributed by atoms with Crippen LogP contribution in [0, 0.1) is 17.8 Å². The fourth-order valence-corrected chi connectivity index (χ4v) is 8.29. The fourth-order valence-electron chi connectivity index (χ4n) is 8.29. The highest BCUT2D eigenvalue weighted by Crippen LogP contribution is 2.44. The lowest BCUT2D eigenvalue weighted by molar-refractivity contribution is 0.0696. The number of aromatic nitrogens is 4. The third-order valence-corrected chi connectivity index (χ3v) is 11.2. The Morgan fingerprint density at radius 1 is 1.02 bits per heavy atom. The van der Waals surface area contributed by atoms with Gasteiger partial charge >= 0.3 is 6.03 Å². The van der Waals surface area contributed by atoms with E-state index < -0.39 is 0 Å². The Kier molecular flexibility index (Phi) is 6.23. The summed E-state index contributed by atoms with van der Waals surface area (Å²) in [5, 5.41) is 4.01. The maximum atomic E-state index is 13.8. The van der Waals surface area contributed by atoms with Crippen molar-refractivity contribution >= 4 is 39.7 Å². The molecule has 0 spiro atoms. The van der Waals surface area contributed by atoms with Crippen molar-refractivity contribution in [2.24, 2.45) is 24.8 Å². The van der Waals surface area contributed by atoms with Crippen LogP contribution in [0.25, 0.3) is 44.8 Å². The maximum absolute atomic E-state index is 13.8. The van der Waals surface area contributed by atoms with Crippen LogP contribution >= 0.6 is 0 Å². The molecule has 10 nitrogen and oxygen atoms in total. The molecule has 2 aliphatic carbocycles. The van der Waals surface area contributed by atoms with Crippen LogP contribution in [0.2, 0.25) is 0 Å². The number of likely N-dealkylation sites (tertiary alicyclic amines) is 1. The summed E-state index contributed by atoms with van der Waals surface area (Å²) in [5.41, 5.74) is 8.03. The van der Waals surface area contributed by atoms with Crippen molar-refractivity contribution in [2.45, 2.75) is 51.7 Å². The minimum Gasteiger partial charge on any atom is -0.494 e. The van der Waals surface area contributed by atoms with E-state index in [2.05, 4.69) is 50.5 Å². The monoisotopic (exact) mass is 629 g/mol. The number of carbonyl (C=O) groups is 2. The molecule has 3 fully saturated rings. The molecule has 2 unspecified atom stereocenters. The van der Waals surface area contributed by atoms with Gasteiger partial charge in [0.15, 0.2) is 5.82 Å². The number of nitrogens with one attached hydrogen (secondary N) is 1. The number of aryl methyl sites for hydroxylation is 1. The molecular weight excluding hydrogens is 590 g/mol. The average molecular weight is 630 g/mol. The smallest absolute Gasteiger partial charge is 0.321 e. The maximum Gasteiger partial charge on any atom is 0.321 e. The molecule has 47 heavy (non-hydrogen) atoms. The van der Waals surface area contributed by atoms with E-state index in [-0.39, 0.29) is 11.9 Å². The predicted octanol–water partition coefficient (Wildman–Crippen LogP) is 6.52. The van der Waals surface area contributed by atoms with Gasteiger partial charge < -0.3 is 29.0 Å². The summed E-state index contributed by atoms with van der Waals surface area (Å²) in [4.78, 5) is 40.1. The lowest BCUT2D eigenvalue weighted by Gasteiger charge is -2.27. The molecule has 1 N–H and O–H groups in total. The lowest BCUT2D eigenvalue weighted by atomic mass is 10.0. The van der Waals surface area contributed by atoms with Crippen LogP contribution in [-0.2, 0) is 20.1 Å². The van der Waals surface area contributed by atoms with Crippen LogP contribution in [-0.4, -0.2) is 67.6 Å². The van der Waals surface area contributed by atoms with Crippen molar-refractivity contribution in [1.82, 2.24) is 28.9 Å². The predicted molar refractivity (Wildman–Crippen MR) is 181 cm³/mol. The number of pyridine rings is 1. The average Bonchev–Trinajstić information content (AvgIpc) is 3.48. The van der Waals surface area contributed by atoms with Crippen molar-refractivity contribution in [3.05, 3.63) is 59.7 Å². The van der Waals surface area contributed by atoms with Gasteiger partial charge in [0.25, 0.3) is 5.91 Å². The minimum absolute atomic E-state index is 0.0761. The van der Waals surface area contributed by atoms with Crippen LogP contribution < -0.4 is 10.1 Å². The Balaban J connectivity index is 1.13. The molecule has 0 radical (unpaired) electrons. The molecule has 5 heterocycles. The number of rotatable bonds is 6. The highest BCUT2D eigenvalue weighted by Gasteiger charge is 2.46. The summed E-state index contributed by atoms with van der Waals surface area (Å²) < 4.78 is 10.3. The number of imidazole rings is 1. The molecule has 2 bridgehead atoms. The highest BCUT2D eigenvalue weighted by molar-refractivity contribution is 6.00. The molecule has 2 aliphatic heterocycles. The van der Waals surface area contributed by atoms with Gasteiger partial charge in [-0.15, -0.1) is 0 Å². The summed E-state index contributed by atoms with van der Waals surface area (Å²) in [7, 11) is 5.49. The van der Waals surface area contributed by atoms with Gasteiger partial charge in [0.2, 0.25) is 0 Å². The second-order valence-electron chi connectivity index (χ2n) is 14.1. The zero-order chi connectivity index (χ0) is 32.1. The third-order valence-electron chi connectivity index (χ3n) is 11.2. The van der Waals surface area contributed by atoms with Crippen LogP contribution in [0.3, 0.4) is 0 Å². The van der Waals surface area contributed by atoms with Gasteiger partial charge in [-0.2, -0.15) is 0 Å². The number of hydrogen-bond acceptors (Lipinski definition) is 5. The number of amides is 3. The second kappa shape index (κ2) is 10.3. The normalized spacial score (nSPS) is 22.0. The van der Waals surface area contributed by atoms with Crippen molar-refractivity contribution in [3.8, 4) is 28.5 Å². The first kappa shape index (κ1) is 28.4. The number of ether oxygens (including phenoxy) is 1. The van der Waals surface area contributed by atoms with E-state index in [0.717, 1.165) is 75.6 Å². The van der Waals surface area contributed by atoms with Crippen LogP contribution in [0.15, 0.2) is 48.5 Å². The van der Waals surface area contributed by atoms with E-state index in [9.17, 15) is 9.59 Å². The van der Waals surface area contributed by atoms with Crippen molar-refractivity contribution < 1.29 is 14.3 Å². The number of nitrogens with zero attached hydrogens (tertiary/aromatic N) is 6. The Morgan fingerprint density at radius 2 is 1.87 bits per heavy atom. The summed E-state index contributed by atoms with van der Waals surface area (Å²) in [6, 6.07) is 16.6. The van der Waals surface area contributed by atoms with Gasteiger partial charge in [0, 0.05) is 62.0 Å². The molecular formula is C37H39N7O3. The molecule has 1 saturated heterocycles. The largest absolute Gasteiger partial charge is 0.494 e. The highest BCUT2D eigenvalue weighted by atomic mass is 16.5. The third kappa shape index (κ3) is 4.44. The van der Waals surface area contributed by atoms with Gasteiger partial charge in [0.1, 0.15) is 16.9 Å². The molecule has 3 amide bonds. The van der Waals surface area contributed by atoms with E-state index in [1.165, 1.54) is 19.3 Å². The van der Waals surface area contributed by atoms with Crippen LogP contribution in [0.5, 0.6) is 5.75 Å². The Labute approximate surface area is 273 Å². The summed E-state index contributed by atoms with van der Waals surface area (Å²) in [6.45, 7) is 4.56. The van der Waals surface area contributed by atoms with Gasteiger partial charge in [-0.1, -0.05) is 13.0 Å². The first-order valence-electron chi connectivity index (χ1n) is 16.8. The molecule has 4 aliphatic rings. The number of benzene rings is 2. The summed E-state index contributed by atoms with van der Waals surface area (Å²) in [6.07, 6.45) is 4.73. The van der Waals surface area contributed by atoms with E-state index in [4.69, 9.17) is 14.7 Å². The van der Waals surface area contributed by atoms with Crippen LogP contribution in [0.1, 0.15) is 48.5 Å². The van der Waals surface area contributed by atoms with E-state index in [0.29, 0.717) is 41.7 Å². The molecule has 3 aromatic heterocycles. The Morgan fingerprint density at radius 3 is 2.62 bits per heavy atom. The number of carbonyl (C=O) groups excluding carboxylic acids is 2. The number of methoxy groups -OCH3 is 1. The number of anilines is 1. The molecule has 10 heteroatoms. The fraction of sp³-hybridized carbons (Fsp3) is 0.405. The molecule has 240 valence electrons. The SMILES string of the molecule is COc1cc(C(=O)N2CC3CCC2[C@@H]3C)cc2nc(-c3cc4ccc(-c5ccc6c(c5)CN(C)C(=O)N6)nc4n3CC3CC3)n(C)c12. The minimum atomic E-state index is -0.0920. The van der Waals surface area contributed by atoms with Gasteiger partial charge in [-0.05, 0) is 91.5 Å². The van der Waals surface area contributed by atoms with Gasteiger partial charge in [-0.25, -0.2) is 14.8 Å². The van der Waals surface area contributed by atoms with Gasteiger partial charge in [-0.3, -0.25) is 4.79 Å². The van der Waals surface area contributed by atoms with E-state index >= 15 is 0 Å². The number of hydrogen-bond donors (Lipinski definition) is 1. The standard InChI is InChI=1S/C37H39N7O3/c1-20-24-9-12-30(20)44(19-24)36(45)25-14-29-33(32(16-25)47-4)42(3)35(39-29)31-15-23-8-11-27(38-34(23)43(31)17-21-5-6-21)22-7-10-28-26(13-22)18-41(2)37(46)40-28/h7-8,10-11,13-16,20-21,24,30H,5-6,9,12,17-19H2,1-4H3,(H,40,46)/t20-,24?,30?/m1/s1. The van der Waals surface area contributed by atoms with Gasteiger partial charge in [0.05, 0.1) is 24.0 Å². The Hall–Kier alpha value is -4.86. The molecule has 9 rings (SSSR count). The van der Waals surface area contributed by atoms with E-state index in [1.54, 1.807) is 19.1 Å². The molecule has 2 aromatic carbocycles. The lowest BCUT2D eigenvalue weighted by Crippen LogP contribution is -2.38. The summed E-state index contributed by atoms with van der Waals surface area (Å²) in [5.74, 6) is 3.34. The topological polar surface area (TPSA) is 97.5 Å². The van der Waals surface area contributed by atoms with Crippen molar-refractivity contribution in [2.75, 3.05) is 26.0 Å². The zero-order valence-corrected chi connectivity index (χ0v) is 27.3. The molecule has 3 atom stereocenters. The molecule has 2 saturated carbocycles. The van der Waals surface area contributed by atoms with E-state index in [1.807, 2.05) is 31.3 Å². The summed E-state index contributed by atoms with van der Waals surface area (Å²) >= 11 is 0. The number of fused-ring (bicyclic) bond motifs is 5. The Bertz CT molecular complexity index is 2130. The van der Waals surface area contributed by atoms with Crippen LogP contribution in [0.4, 0.5) is 10.5 Å².